The summed E-state index contributed by atoms with van der Waals surface area (Å²) >= 11 is 6.44. The van der Waals surface area contributed by atoms with Crippen molar-refractivity contribution in [1.82, 2.24) is 10.2 Å². The van der Waals surface area contributed by atoms with Crippen LogP contribution in [0.25, 0.3) is 0 Å². The molecule has 1 heterocycles. The molecule has 9 nitrogen and oxygen atoms in total. The number of hydrogen-bond acceptors (Lipinski definition) is 6. The van der Waals surface area contributed by atoms with Gasteiger partial charge in [0.1, 0.15) is 25.8 Å². The quantitative estimate of drug-likeness (QED) is 0.344. The highest BCUT2D eigenvalue weighted by Crippen LogP contribution is 2.36. The van der Waals surface area contributed by atoms with Crippen molar-refractivity contribution in [2.75, 3.05) is 24.1 Å². The van der Waals surface area contributed by atoms with Crippen molar-refractivity contribution >= 4 is 39.1 Å². The first-order valence-corrected chi connectivity index (χ1v) is 15.2. The number of carbonyl (C=O) groups excluding carboxylic acids is 2. The Bertz CT molecular complexity index is 1480. The van der Waals surface area contributed by atoms with E-state index in [-0.39, 0.29) is 29.1 Å². The van der Waals surface area contributed by atoms with Crippen LogP contribution < -0.4 is 19.1 Å². The van der Waals surface area contributed by atoms with Crippen molar-refractivity contribution in [1.29, 1.82) is 0 Å². The van der Waals surface area contributed by atoms with E-state index in [1.54, 1.807) is 67.6 Å². The Kier molecular flexibility index (Phi) is 9.77. The monoisotopic (exact) mass is 599 g/mol. The van der Waals surface area contributed by atoms with E-state index in [4.69, 9.17) is 21.1 Å². The second kappa shape index (κ2) is 13.3. The van der Waals surface area contributed by atoms with Crippen LogP contribution in [0.1, 0.15) is 32.8 Å². The number of ether oxygens (including phenoxy) is 2. The SMILES string of the molecule is CC[C@H](C(=O)NC(C)C)N(Cc1ccccc1Cl)C(=O)CN(c1ccc2c(c1)OCCO2)S(=O)(=O)c1ccccc1. The van der Waals surface area contributed by atoms with E-state index in [0.717, 1.165) is 4.31 Å². The van der Waals surface area contributed by atoms with Crippen molar-refractivity contribution in [3.05, 3.63) is 83.4 Å². The van der Waals surface area contributed by atoms with Crippen molar-refractivity contribution in [2.45, 2.75) is 50.7 Å². The fraction of sp³-hybridized carbons (Fsp3) is 0.333. The highest BCUT2D eigenvalue weighted by Gasteiger charge is 2.34. The zero-order valence-electron chi connectivity index (χ0n) is 23.2. The average molecular weight is 600 g/mol. The number of benzene rings is 3. The lowest BCUT2D eigenvalue weighted by Gasteiger charge is -2.34. The van der Waals surface area contributed by atoms with E-state index in [0.29, 0.717) is 41.7 Å². The predicted molar refractivity (Wildman–Crippen MR) is 158 cm³/mol. The third-order valence-corrected chi connectivity index (χ3v) is 8.70. The molecule has 0 spiro atoms. The molecule has 11 heteroatoms. The minimum absolute atomic E-state index is 0.0168. The minimum Gasteiger partial charge on any atom is -0.486 e. The summed E-state index contributed by atoms with van der Waals surface area (Å²) in [5.74, 6) is -0.0324. The summed E-state index contributed by atoms with van der Waals surface area (Å²) in [6.07, 6.45) is 0.310. The first-order valence-electron chi connectivity index (χ1n) is 13.4. The summed E-state index contributed by atoms with van der Waals surface area (Å²) < 4.78 is 40.3. The van der Waals surface area contributed by atoms with Crippen LogP contribution in [0.15, 0.2) is 77.7 Å². The first-order chi connectivity index (χ1) is 19.6. The number of carbonyl (C=O) groups is 2. The number of nitrogens with zero attached hydrogens (tertiary/aromatic N) is 2. The summed E-state index contributed by atoms with van der Waals surface area (Å²) in [4.78, 5) is 28.8. The molecule has 0 aromatic heterocycles. The molecule has 0 aliphatic carbocycles. The van der Waals surface area contributed by atoms with E-state index in [9.17, 15) is 18.0 Å². The van der Waals surface area contributed by atoms with Gasteiger partial charge in [-0.3, -0.25) is 13.9 Å². The van der Waals surface area contributed by atoms with Crippen molar-refractivity contribution < 1.29 is 27.5 Å². The van der Waals surface area contributed by atoms with Gasteiger partial charge in [-0.25, -0.2) is 8.42 Å². The van der Waals surface area contributed by atoms with Gasteiger partial charge in [0.25, 0.3) is 10.0 Å². The number of sulfonamides is 1. The van der Waals surface area contributed by atoms with Gasteiger partial charge in [0.05, 0.1) is 10.6 Å². The lowest BCUT2D eigenvalue weighted by Crippen LogP contribution is -2.53. The molecule has 0 fully saturated rings. The molecule has 3 aromatic rings. The van der Waals surface area contributed by atoms with Crippen LogP contribution >= 0.6 is 11.6 Å². The fourth-order valence-corrected chi connectivity index (χ4v) is 6.17. The number of fused-ring (bicyclic) bond motifs is 1. The van der Waals surface area contributed by atoms with Gasteiger partial charge in [0.15, 0.2) is 11.5 Å². The third-order valence-electron chi connectivity index (χ3n) is 6.54. The van der Waals surface area contributed by atoms with Crippen LogP contribution in [0, 0.1) is 0 Å². The minimum atomic E-state index is -4.20. The average Bonchev–Trinajstić information content (AvgIpc) is 2.96. The third kappa shape index (κ3) is 7.12. The van der Waals surface area contributed by atoms with Gasteiger partial charge in [0, 0.05) is 23.7 Å². The summed E-state index contributed by atoms with van der Waals surface area (Å²) in [7, 11) is -4.20. The predicted octanol–water partition coefficient (Wildman–Crippen LogP) is 4.64. The number of amides is 2. The Hall–Kier alpha value is -3.76. The van der Waals surface area contributed by atoms with Gasteiger partial charge in [-0.05, 0) is 56.2 Å². The Morgan fingerprint density at radius 2 is 1.61 bits per heavy atom. The lowest BCUT2D eigenvalue weighted by atomic mass is 10.1. The highest BCUT2D eigenvalue weighted by atomic mass is 35.5. The van der Waals surface area contributed by atoms with Crippen LogP contribution in [-0.2, 0) is 26.2 Å². The summed E-state index contributed by atoms with van der Waals surface area (Å²) in [6.45, 7) is 5.62. The maximum absolute atomic E-state index is 14.1. The summed E-state index contributed by atoms with van der Waals surface area (Å²) in [6, 6.07) is 18.7. The van der Waals surface area contributed by atoms with Gasteiger partial charge in [-0.15, -0.1) is 0 Å². The highest BCUT2D eigenvalue weighted by molar-refractivity contribution is 7.92. The molecule has 1 aliphatic heterocycles. The molecule has 1 N–H and O–H groups in total. The molecule has 4 rings (SSSR count). The zero-order valence-corrected chi connectivity index (χ0v) is 24.8. The van der Waals surface area contributed by atoms with Crippen LogP contribution in [-0.4, -0.2) is 57.0 Å². The van der Waals surface area contributed by atoms with E-state index in [2.05, 4.69) is 5.32 Å². The molecule has 0 saturated heterocycles. The van der Waals surface area contributed by atoms with Crippen molar-refractivity contribution in [3.8, 4) is 11.5 Å². The van der Waals surface area contributed by atoms with Crippen LogP contribution in [0.5, 0.6) is 11.5 Å². The van der Waals surface area contributed by atoms with E-state index < -0.39 is 28.5 Å². The van der Waals surface area contributed by atoms with Crippen molar-refractivity contribution in [3.63, 3.8) is 0 Å². The molecule has 2 amide bonds. The number of rotatable bonds is 11. The van der Waals surface area contributed by atoms with Crippen molar-refractivity contribution in [2.24, 2.45) is 0 Å². The number of halogens is 1. The van der Waals surface area contributed by atoms with E-state index >= 15 is 0 Å². The molecular weight excluding hydrogens is 566 g/mol. The topological polar surface area (TPSA) is 105 Å². The molecule has 3 aromatic carbocycles. The van der Waals surface area contributed by atoms with Gasteiger partial charge < -0.3 is 19.7 Å². The molecule has 41 heavy (non-hydrogen) atoms. The molecule has 1 aliphatic rings. The van der Waals surface area contributed by atoms with E-state index in [1.165, 1.54) is 17.0 Å². The van der Waals surface area contributed by atoms with Crippen LogP contribution in [0.3, 0.4) is 0 Å². The van der Waals surface area contributed by atoms with Gasteiger partial charge in [0.2, 0.25) is 11.8 Å². The Labute approximate surface area is 246 Å². The standard InChI is InChI=1S/C30H34ClN3O6S/c1-4-26(30(36)32-21(2)3)33(19-22-10-8-9-13-25(22)31)29(35)20-34(41(37,38)24-11-6-5-7-12-24)23-14-15-27-28(18-23)40-17-16-39-27/h5-15,18,21,26H,4,16-17,19-20H2,1-3H3,(H,32,36)/t26-/m1/s1. The number of nitrogens with one attached hydrogen (secondary N) is 1. The molecular formula is C30H34ClN3O6S. The molecule has 0 bridgehead atoms. The Balaban J connectivity index is 1.77. The van der Waals surface area contributed by atoms with Gasteiger partial charge in [-0.2, -0.15) is 0 Å². The summed E-state index contributed by atoms with van der Waals surface area (Å²) in [5.41, 5.74) is 0.860. The second-order valence-corrected chi connectivity index (χ2v) is 12.1. The Morgan fingerprint density at radius 3 is 2.27 bits per heavy atom. The summed E-state index contributed by atoms with van der Waals surface area (Å²) in [5, 5.41) is 3.31. The second-order valence-electron chi connectivity index (χ2n) is 9.85. The number of anilines is 1. The normalized spacial score (nSPS) is 13.4. The molecule has 0 unspecified atom stereocenters. The maximum Gasteiger partial charge on any atom is 0.264 e. The van der Waals surface area contributed by atoms with Gasteiger partial charge >= 0.3 is 0 Å². The Morgan fingerprint density at radius 1 is 0.951 bits per heavy atom. The maximum atomic E-state index is 14.1. The zero-order chi connectivity index (χ0) is 29.6. The van der Waals surface area contributed by atoms with Crippen LogP contribution in [0.2, 0.25) is 5.02 Å². The largest absolute Gasteiger partial charge is 0.486 e. The lowest BCUT2D eigenvalue weighted by molar-refractivity contribution is -0.140. The fourth-order valence-electron chi connectivity index (χ4n) is 4.55. The molecule has 218 valence electrons. The molecule has 1 atom stereocenters. The molecule has 0 radical (unpaired) electrons. The van der Waals surface area contributed by atoms with E-state index in [1.807, 2.05) is 13.8 Å². The number of hydrogen-bond donors (Lipinski definition) is 1. The first kappa shape index (κ1) is 30.2. The van der Waals surface area contributed by atoms with Gasteiger partial charge in [-0.1, -0.05) is 54.9 Å². The van der Waals surface area contributed by atoms with Crippen LogP contribution in [0.4, 0.5) is 5.69 Å². The smallest absolute Gasteiger partial charge is 0.264 e. The molecule has 0 saturated carbocycles.